The number of imide groups is 1. The molecule has 2 amide bonds. The molecule has 0 atom stereocenters. The van der Waals surface area contributed by atoms with E-state index in [-0.39, 0.29) is 5.91 Å². The van der Waals surface area contributed by atoms with Crippen LogP contribution >= 0.6 is 0 Å². The van der Waals surface area contributed by atoms with Crippen molar-refractivity contribution in [3.8, 4) is 0 Å². The van der Waals surface area contributed by atoms with E-state index in [4.69, 9.17) is 0 Å². The van der Waals surface area contributed by atoms with Crippen LogP contribution in [-0.2, 0) is 9.59 Å². The molecule has 23 heavy (non-hydrogen) atoms. The maximum atomic E-state index is 12.0. The Balaban J connectivity index is 1.72. The van der Waals surface area contributed by atoms with Crippen LogP contribution in [0.5, 0.6) is 0 Å². The van der Waals surface area contributed by atoms with Gasteiger partial charge in [0, 0.05) is 30.9 Å². The predicted octanol–water partition coefficient (Wildman–Crippen LogP) is 0.971. The van der Waals surface area contributed by atoms with E-state index in [1.807, 2.05) is 18.3 Å². The lowest BCUT2D eigenvalue weighted by Gasteiger charge is -2.20. The van der Waals surface area contributed by atoms with Gasteiger partial charge in [-0.25, -0.2) is 4.52 Å². The number of nitrogens with one attached hydrogen (secondary N) is 1. The van der Waals surface area contributed by atoms with Crippen molar-refractivity contribution in [2.75, 3.05) is 23.4 Å². The molecule has 1 saturated heterocycles. The first kappa shape index (κ1) is 13.7. The summed E-state index contributed by atoms with van der Waals surface area (Å²) in [6, 6.07) is 3.68. The van der Waals surface area contributed by atoms with Crippen LogP contribution in [0, 0.1) is 0 Å². The van der Waals surface area contributed by atoms with Gasteiger partial charge in [-0.05, 0) is 31.9 Å². The molecule has 0 unspecified atom stereocenters. The van der Waals surface area contributed by atoms with Gasteiger partial charge in [0.1, 0.15) is 5.52 Å². The van der Waals surface area contributed by atoms with Crippen molar-refractivity contribution in [2.24, 2.45) is 0 Å². The minimum atomic E-state index is -0.390. The maximum absolute atomic E-state index is 12.0. The smallest absolute Gasteiger partial charge is 0.275 e. The molecule has 0 saturated carbocycles. The summed E-state index contributed by atoms with van der Waals surface area (Å²) in [5.41, 5.74) is 3.96. The highest BCUT2D eigenvalue weighted by Crippen LogP contribution is 2.23. The van der Waals surface area contributed by atoms with E-state index in [1.54, 1.807) is 11.4 Å². The Hall–Kier alpha value is -2.90. The molecule has 2 aliphatic rings. The van der Waals surface area contributed by atoms with E-state index in [2.05, 4.69) is 20.4 Å². The summed E-state index contributed by atoms with van der Waals surface area (Å²) in [6.45, 7) is 3.44. The number of anilines is 2. The molecule has 4 rings (SSSR count). The minimum absolute atomic E-state index is 0.360. The van der Waals surface area contributed by atoms with Crippen LogP contribution in [0.3, 0.4) is 0 Å². The number of hydrogen-bond donors (Lipinski definition) is 1. The summed E-state index contributed by atoms with van der Waals surface area (Å²) in [7, 11) is 0. The van der Waals surface area contributed by atoms with Crippen LogP contribution in [-0.4, -0.2) is 44.5 Å². The number of rotatable bonds is 3. The zero-order chi connectivity index (χ0) is 16.0. The second-order valence-corrected chi connectivity index (χ2v) is 5.71. The first-order chi connectivity index (χ1) is 11.1. The molecule has 0 spiro atoms. The van der Waals surface area contributed by atoms with Crippen molar-refractivity contribution in [1.82, 2.24) is 19.6 Å². The fourth-order valence-electron chi connectivity index (χ4n) is 2.86. The topological polar surface area (TPSA) is 82.8 Å². The lowest BCUT2D eigenvalue weighted by Crippen LogP contribution is -2.37. The number of nitrogens with zero attached hydrogens (tertiary/aromatic N) is 5. The Labute approximate surface area is 132 Å². The first-order valence-electron chi connectivity index (χ1n) is 7.57. The molecule has 0 aromatic carbocycles. The van der Waals surface area contributed by atoms with Gasteiger partial charge >= 0.3 is 0 Å². The normalized spacial score (nSPS) is 18.2. The van der Waals surface area contributed by atoms with Crippen LogP contribution in [0.25, 0.3) is 5.52 Å². The Bertz CT molecular complexity index is 834. The molecule has 2 aromatic heterocycles. The Morgan fingerprint density at radius 3 is 2.70 bits per heavy atom. The predicted molar refractivity (Wildman–Crippen MR) is 83.7 cm³/mol. The third-order valence-corrected chi connectivity index (χ3v) is 4.09. The monoisotopic (exact) mass is 312 g/mol. The second kappa shape index (κ2) is 5.08. The minimum Gasteiger partial charge on any atom is -0.340 e. The van der Waals surface area contributed by atoms with E-state index in [0.717, 1.165) is 30.9 Å². The van der Waals surface area contributed by atoms with Crippen molar-refractivity contribution < 1.29 is 9.59 Å². The number of hydrogen-bond acceptors (Lipinski definition) is 6. The van der Waals surface area contributed by atoms with Gasteiger partial charge in [0.2, 0.25) is 5.95 Å². The van der Waals surface area contributed by atoms with Gasteiger partial charge in [0.25, 0.3) is 11.8 Å². The fourth-order valence-corrected chi connectivity index (χ4v) is 2.86. The Morgan fingerprint density at radius 1 is 1.22 bits per heavy atom. The van der Waals surface area contributed by atoms with Gasteiger partial charge in [0.05, 0.1) is 0 Å². The summed E-state index contributed by atoms with van der Waals surface area (Å²) in [5.74, 6) is 0.286. The molecule has 1 fully saturated rings. The number of amides is 2. The molecular weight excluding hydrogens is 296 g/mol. The molecular formula is C15H16N6O2. The summed E-state index contributed by atoms with van der Waals surface area (Å²) in [5, 5.41) is 5.48. The van der Waals surface area contributed by atoms with E-state index in [0.29, 0.717) is 22.9 Å². The molecule has 0 aliphatic carbocycles. The molecule has 1 N–H and O–H groups in total. The molecule has 8 nitrogen and oxygen atoms in total. The van der Waals surface area contributed by atoms with E-state index in [1.165, 1.54) is 6.08 Å². The fraction of sp³-hybridized carbons (Fsp3) is 0.333. The highest BCUT2D eigenvalue weighted by molar-refractivity contribution is 6.16. The SMILES string of the molecule is CC1=CC(=O)N(Nc2nc(N3CCCC3)nn3cccc23)C1=O. The third-order valence-electron chi connectivity index (χ3n) is 4.09. The molecule has 118 valence electrons. The van der Waals surface area contributed by atoms with Crippen molar-refractivity contribution in [3.05, 3.63) is 30.0 Å². The summed E-state index contributed by atoms with van der Waals surface area (Å²) >= 11 is 0. The molecule has 8 heteroatoms. The highest BCUT2D eigenvalue weighted by atomic mass is 16.2. The van der Waals surface area contributed by atoms with E-state index >= 15 is 0 Å². The number of hydrazine groups is 1. The first-order valence-corrected chi connectivity index (χ1v) is 7.57. The lowest BCUT2D eigenvalue weighted by atomic mass is 10.3. The van der Waals surface area contributed by atoms with Gasteiger partial charge < -0.3 is 4.90 Å². The summed E-state index contributed by atoms with van der Waals surface area (Å²) < 4.78 is 1.70. The molecule has 0 bridgehead atoms. The van der Waals surface area contributed by atoms with Crippen LogP contribution < -0.4 is 10.3 Å². The quantitative estimate of drug-likeness (QED) is 0.851. The van der Waals surface area contributed by atoms with Gasteiger partial charge in [-0.1, -0.05) is 0 Å². The van der Waals surface area contributed by atoms with E-state index in [9.17, 15) is 9.59 Å². The molecule has 2 aliphatic heterocycles. The zero-order valence-electron chi connectivity index (χ0n) is 12.7. The number of fused-ring (bicyclic) bond motifs is 1. The highest BCUT2D eigenvalue weighted by Gasteiger charge is 2.30. The standard InChI is InChI=1S/C15H16N6O2/c1-10-9-12(22)21(14(10)23)17-13-11-5-4-8-20(11)18-15(16-13)19-6-2-3-7-19/h4-5,8-9H,2-3,6-7H2,1H3,(H,16,17,18). The van der Waals surface area contributed by atoms with Crippen LogP contribution in [0.4, 0.5) is 11.8 Å². The molecule has 0 radical (unpaired) electrons. The Kier molecular flexibility index (Phi) is 3.03. The number of carbonyl (C=O) groups is 2. The average molecular weight is 312 g/mol. The Morgan fingerprint density at radius 2 is 2.00 bits per heavy atom. The van der Waals surface area contributed by atoms with Gasteiger partial charge in [-0.2, -0.15) is 9.99 Å². The van der Waals surface area contributed by atoms with Crippen molar-refractivity contribution in [1.29, 1.82) is 0 Å². The summed E-state index contributed by atoms with van der Waals surface area (Å²) in [6.07, 6.45) is 5.36. The number of aromatic nitrogens is 3. The largest absolute Gasteiger partial charge is 0.340 e. The van der Waals surface area contributed by atoms with Crippen molar-refractivity contribution >= 4 is 29.1 Å². The van der Waals surface area contributed by atoms with Crippen LogP contribution in [0.15, 0.2) is 30.0 Å². The number of carbonyl (C=O) groups excluding carboxylic acids is 2. The summed E-state index contributed by atoms with van der Waals surface area (Å²) in [4.78, 5) is 30.6. The second-order valence-electron chi connectivity index (χ2n) is 5.71. The van der Waals surface area contributed by atoms with E-state index < -0.39 is 5.91 Å². The van der Waals surface area contributed by atoms with Gasteiger partial charge in [-0.15, -0.1) is 5.10 Å². The molecule has 4 heterocycles. The van der Waals surface area contributed by atoms with Gasteiger partial charge in [-0.3, -0.25) is 15.0 Å². The lowest BCUT2D eigenvalue weighted by molar-refractivity contribution is -0.135. The van der Waals surface area contributed by atoms with Crippen LogP contribution in [0.2, 0.25) is 0 Å². The van der Waals surface area contributed by atoms with Gasteiger partial charge in [0.15, 0.2) is 5.82 Å². The third kappa shape index (κ3) is 2.23. The zero-order valence-corrected chi connectivity index (χ0v) is 12.7. The maximum Gasteiger partial charge on any atom is 0.275 e. The van der Waals surface area contributed by atoms with Crippen molar-refractivity contribution in [2.45, 2.75) is 19.8 Å². The van der Waals surface area contributed by atoms with Crippen molar-refractivity contribution in [3.63, 3.8) is 0 Å². The van der Waals surface area contributed by atoms with Crippen LogP contribution in [0.1, 0.15) is 19.8 Å². The average Bonchev–Trinajstić information content (AvgIpc) is 3.25. The molecule has 2 aromatic rings.